The number of hydrogen-bond acceptors (Lipinski definition) is 6. The highest BCUT2D eigenvalue weighted by Crippen LogP contribution is 2.30. The number of rotatable bonds is 2. The van der Waals surface area contributed by atoms with Crippen molar-refractivity contribution >= 4 is 34.4 Å². The molecule has 2 heterocycles. The van der Waals surface area contributed by atoms with Crippen LogP contribution in [0.4, 0.5) is 11.4 Å². The van der Waals surface area contributed by atoms with Crippen molar-refractivity contribution in [3.8, 4) is 0 Å². The molecular formula is C17H22N4O2S. The second-order valence-electron chi connectivity index (χ2n) is 5.96. The van der Waals surface area contributed by atoms with E-state index in [0.717, 1.165) is 43.4 Å². The average Bonchev–Trinajstić information content (AvgIpc) is 2.69. The monoisotopic (exact) mass is 346 g/mol. The zero-order chi connectivity index (χ0) is 17.1. The summed E-state index contributed by atoms with van der Waals surface area (Å²) in [6, 6.07) is 7.81. The van der Waals surface area contributed by atoms with Gasteiger partial charge in [0.15, 0.2) is 6.29 Å². The van der Waals surface area contributed by atoms with E-state index in [4.69, 9.17) is 21.9 Å². The van der Waals surface area contributed by atoms with E-state index < -0.39 is 6.29 Å². The number of anilines is 1. The summed E-state index contributed by atoms with van der Waals surface area (Å²) in [5.74, 6) is 0.784. The van der Waals surface area contributed by atoms with Gasteiger partial charge in [0, 0.05) is 26.2 Å². The molecular weight excluding hydrogens is 324 g/mol. The van der Waals surface area contributed by atoms with Crippen LogP contribution in [0.3, 0.4) is 0 Å². The zero-order valence-electron chi connectivity index (χ0n) is 13.9. The van der Waals surface area contributed by atoms with Crippen LogP contribution in [0.25, 0.3) is 0 Å². The first-order chi connectivity index (χ1) is 11.5. The summed E-state index contributed by atoms with van der Waals surface area (Å²) >= 11 is 5.55. The average molecular weight is 346 g/mol. The lowest BCUT2D eigenvalue weighted by atomic mass is 10.2. The summed E-state index contributed by atoms with van der Waals surface area (Å²) < 4.78 is 5.30. The quantitative estimate of drug-likeness (QED) is 0.369. The molecule has 1 unspecified atom stereocenters. The van der Waals surface area contributed by atoms with Crippen LogP contribution in [-0.4, -0.2) is 65.2 Å². The Bertz CT molecular complexity index is 679. The number of likely N-dealkylation sites (N-methyl/N-ethyl adjacent to an activating group) is 1. The number of benzene rings is 1. The van der Waals surface area contributed by atoms with Crippen LogP contribution in [0.1, 0.15) is 6.92 Å². The number of para-hydroxylation sites is 2. The van der Waals surface area contributed by atoms with Gasteiger partial charge in [-0.25, -0.2) is 4.99 Å². The largest absolute Gasteiger partial charge is 0.472 e. The standard InChI is InChI=1S/C17H22N4O2S/c1-12(22)23-11-13-16(21-9-7-20(2)8-10-21)18-14-5-3-4-6-15(14)19-17(13)24/h3-6,11-12,22H,7-10H2,1-2H3,(H,19,24)/b13-11-. The number of nitrogens with zero attached hydrogens (tertiary/aromatic N) is 3. The van der Waals surface area contributed by atoms with Gasteiger partial charge < -0.3 is 25.0 Å². The van der Waals surface area contributed by atoms with E-state index >= 15 is 0 Å². The number of aliphatic imine (C=N–C) groups is 1. The lowest BCUT2D eigenvalue weighted by molar-refractivity contribution is -0.0352. The molecule has 0 bridgehead atoms. The van der Waals surface area contributed by atoms with Crippen LogP contribution in [-0.2, 0) is 4.74 Å². The lowest BCUT2D eigenvalue weighted by Crippen LogP contribution is -2.48. The van der Waals surface area contributed by atoms with Crippen molar-refractivity contribution in [2.24, 2.45) is 4.99 Å². The van der Waals surface area contributed by atoms with Gasteiger partial charge in [-0.15, -0.1) is 0 Å². The topological polar surface area (TPSA) is 60.3 Å². The normalized spacial score (nSPS) is 21.6. The van der Waals surface area contributed by atoms with E-state index in [1.807, 2.05) is 24.3 Å². The van der Waals surface area contributed by atoms with Gasteiger partial charge in [0.2, 0.25) is 0 Å². The molecule has 2 N–H and O–H groups in total. The fourth-order valence-corrected chi connectivity index (χ4v) is 2.92. The molecule has 1 aromatic rings. The molecule has 128 valence electrons. The molecule has 2 aliphatic rings. The molecule has 0 spiro atoms. The summed E-state index contributed by atoms with van der Waals surface area (Å²) in [7, 11) is 2.11. The number of fused-ring (bicyclic) bond motifs is 1. The first-order valence-corrected chi connectivity index (χ1v) is 8.42. The molecule has 0 amide bonds. The molecule has 1 aromatic carbocycles. The first kappa shape index (κ1) is 16.9. The summed E-state index contributed by atoms with van der Waals surface area (Å²) in [4.78, 5) is 9.88. The highest BCUT2D eigenvalue weighted by molar-refractivity contribution is 7.81. The van der Waals surface area contributed by atoms with Crippen molar-refractivity contribution in [1.82, 2.24) is 9.80 Å². The number of aliphatic hydroxyl groups excluding tert-OH is 1. The molecule has 1 atom stereocenters. The van der Waals surface area contributed by atoms with Gasteiger partial charge in [-0.3, -0.25) is 0 Å². The molecule has 6 nitrogen and oxygen atoms in total. The Morgan fingerprint density at radius 1 is 1.29 bits per heavy atom. The number of ether oxygens (including phenoxy) is 1. The summed E-state index contributed by atoms with van der Waals surface area (Å²) in [5, 5.41) is 12.7. The SMILES string of the molecule is CC(O)O/C=C1\C(=S)Nc2ccccc2N=C1N1CCN(C)CC1. The minimum atomic E-state index is -0.903. The molecule has 0 saturated carbocycles. The number of amidine groups is 1. The molecule has 1 fully saturated rings. The third-order valence-corrected chi connectivity index (χ3v) is 4.37. The van der Waals surface area contributed by atoms with Crippen molar-refractivity contribution in [3.63, 3.8) is 0 Å². The molecule has 0 aliphatic carbocycles. The maximum atomic E-state index is 9.45. The van der Waals surface area contributed by atoms with Crippen LogP contribution >= 0.6 is 12.2 Å². The van der Waals surface area contributed by atoms with Crippen molar-refractivity contribution in [3.05, 3.63) is 36.1 Å². The van der Waals surface area contributed by atoms with E-state index in [0.29, 0.717) is 10.6 Å². The molecule has 0 radical (unpaired) electrons. The molecule has 3 rings (SSSR count). The van der Waals surface area contributed by atoms with Gasteiger partial charge in [0.25, 0.3) is 0 Å². The predicted octanol–water partition coefficient (Wildman–Crippen LogP) is 1.96. The Morgan fingerprint density at radius 3 is 2.71 bits per heavy atom. The van der Waals surface area contributed by atoms with Crippen LogP contribution in [0, 0.1) is 0 Å². The van der Waals surface area contributed by atoms with Crippen LogP contribution in [0.5, 0.6) is 0 Å². The minimum absolute atomic E-state index is 0.540. The molecule has 1 saturated heterocycles. The van der Waals surface area contributed by atoms with Crippen LogP contribution in [0.15, 0.2) is 41.1 Å². The van der Waals surface area contributed by atoms with Crippen LogP contribution < -0.4 is 5.32 Å². The predicted molar refractivity (Wildman–Crippen MR) is 99.7 cm³/mol. The number of aliphatic hydroxyl groups is 1. The number of nitrogens with one attached hydrogen (secondary N) is 1. The Morgan fingerprint density at radius 2 is 2.00 bits per heavy atom. The zero-order valence-corrected chi connectivity index (χ0v) is 14.7. The Labute approximate surface area is 147 Å². The lowest BCUT2D eigenvalue weighted by Gasteiger charge is -2.34. The van der Waals surface area contributed by atoms with Crippen molar-refractivity contribution in [1.29, 1.82) is 0 Å². The summed E-state index contributed by atoms with van der Waals surface area (Å²) in [6.07, 6.45) is 0.600. The van der Waals surface area contributed by atoms with Gasteiger partial charge >= 0.3 is 0 Å². The van der Waals surface area contributed by atoms with E-state index in [1.165, 1.54) is 6.26 Å². The molecule has 24 heavy (non-hydrogen) atoms. The van der Waals surface area contributed by atoms with Crippen molar-refractivity contribution in [2.45, 2.75) is 13.2 Å². The fraction of sp³-hybridized carbons (Fsp3) is 0.412. The second-order valence-corrected chi connectivity index (χ2v) is 6.37. The van der Waals surface area contributed by atoms with Gasteiger partial charge in [0.1, 0.15) is 17.1 Å². The van der Waals surface area contributed by atoms with Gasteiger partial charge in [-0.1, -0.05) is 24.4 Å². The Kier molecular flexibility index (Phi) is 5.13. The highest BCUT2D eigenvalue weighted by atomic mass is 32.1. The minimum Gasteiger partial charge on any atom is -0.472 e. The summed E-state index contributed by atoms with van der Waals surface area (Å²) in [6.45, 7) is 5.22. The maximum Gasteiger partial charge on any atom is 0.193 e. The Hall–Kier alpha value is -1.96. The molecule has 0 aromatic heterocycles. The molecule has 7 heteroatoms. The third-order valence-electron chi connectivity index (χ3n) is 4.05. The van der Waals surface area contributed by atoms with Crippen molar-refractivity contribution in [2.75, 3.05) is 38.5 Å². The highest BCUT2D eigenvalue weighted by Gasteiger charge is 2.26. The molecule has 2 aliphatic heterocycles. The number of piperazine rings is 1. The van der Waals surface area contributed by atoms with E-state index in [9.17, 15) is 5.11 Å². The Balaban J connectivity index is 2.00. The van der Waals surface area contributed by atoms with E-state index in [2.05, 4.69) is 22.2 Å². The van der Waals surface area contributed by atoms with Crippen LogP contribution in [0.2, 0.25) is 0 Å². The van der Waals surface area contributed by atoms with Gasteiger partial charge in [-0.2, -0.15) is 0 Å². The smallest absolute Gasteiger partial charge is 0.193 e. The second kappa shape index (κ2) is 7.29. The van der Waals surface area contributed by atoms with E-state index in [1.54, 1.807) is 6.92 Å². The number of thiocarbonyl (C=S) groups is 1. The van der Waals surface area contributed by atoms with Gasteiger partial charge in [-0.05, 0) is 26.1 Å². The fourth-order valence-electron chi connectivity index (χ4n) is 2.67. The van der Waals surface area contributed by atoms with E-state index in [-0.39, 0.29) is 0 Å². The number of hydrogen-bond donors (Lipinski definition) is 2. The maximum absolute atomic E-state index is 9.45. The summed E-state index contributed by atoms with van der Waals surface area (Å²) in [5.41, 5.74) is 2.40. The third kappa shape index (κ3) is 3.75. The van der Waals surface area contributed by atoms with Crippen molar-refractivity contribution < 1.29 is 9.84 Å². The first-order valence-electron chi connectivity index (χ1n) is 8.01. The van der Waals surface area contributed by atoms with Gasteiger partial charge in [0.05, 0.1) is 16.9 Å².